The minimum atomic E-state index is -0.915. The molecule has 1 aromatic heterocycles. The number of carboxylic acid groups (broad SMARTS) is 1. The number of hydrogen-bond acceptors (Lipinski definition) is 4. The summed E-state index contributed by atoms with van der Waals surface area (Å²) >= 11 is 5.92. The van der Waals surface area contributed by atoms with Gasteiger partial charge in [0.2, 0.25) is 5.91 Å². The molecule has 0 unspecified atom stereocenters. The minimum Gasteiger partial charge on any atom is -0.481 e. The van der Waals surface area contributed by atoms with Crippen molar-refractivity contribution in [1.29, 1.82) is 0 Å². The molecular formula is C18H17ClN2O4. The largest absolute Gasteiger partial charge is 0.481 e. The Hall–Kier alpha value is -2.60. The second-order valence-electron chi connectivity index (χ2n) is 5.77. The second-order valence-corrected chi connectivity index (χ2v) is 6.21. The van der Waals surface area contributed by atoms with Gasteiger partial charge in [-0.1, -0.05) is 23.7 Å². The highest BCUT2D eigenvalue weighted by Crippen LogP contribution is 2.33. The molecule has 2 aromatic rings. The molecule has 3 rings (SSSR count). The Bertz CT molecular complexity index is 784. The molecule has 1 aromatic carbocycles. The molecule has 1 atom stereocenters. The van der Waals surface area contributed by atoms with Gasteiger partial charge >= 0.3 is 5.97 Å². The van der Waals surface area contributed by atoms with E-state index in [0.717, 1.165) is 11.3 Å². The number of furan rings is 1. The van der Waals surface area contributed by atoms with Crippen molar-refractivity contribution in [1.82, 2.24) is 5.01 Å². The van der Waals surface area contributed by atoms with Crippen LogP contribution in [-0.4, -0.2) is 27.7 Å². The molecule has 0 fully saturated rings. The molecule has 1 amide bonds. The molecule has 2 heterocycles. The number of rotatable bonds is 6. The number of carbonyl (C=O) groups excluding carboxylic acids is 1. The summed E-state index contributed by atoms with van der Waals surface area (Å²) in [6.07, 6.45) is 2.45. The molecule has 0 aliphatic carbocycles. The van der Waals surface area contributed by atoms with Gasteiger partial charge in [0.05, 0.1) is 12.0 Å². The smallest absolute Gasteiger partial charge is 0.303 e. The topological polar surface area (TPSA) is 83.1 Å². The maximum atomic E-state index is 12.5. The molecular weight excluding hydrogens is 344 g/mol. The fraction of sp³-hybridized carbons (Fsp3) is 0.278. The van der Waals surface area contributed by atoms with Crippen molar-refractivity contribution in [2.24, 2.45) is 5.10 Å². The lowest BCUT2D eigenvalue weighted by atomic mass is 10.0. The lowest BCUT2D eigenvalue weighted by Gasteiger charge is -2.19. The molecule has 0 spiro atoms. The van der Waals surface area contributed by atoms with Crippen LogP contribution in [0.25, 0.3) is 0 Å². The molecule has 130 valence electrons. The zero-order chi connectivity index (χ0) is 17.8. The first-order valence-electron chi connectivity index (χ1n) is 7.95. The monoisotopic (exact) mass is 360 g/mol. The highest BCUT2D eigenvalue weighted by molar-refractivity contribution is 6.30. The summed E-state index contributed by atoms with van der Waals surface area (Å²) in [5.74, 6) is -0.479. The number of aliphatic carboxylic acids is 1. The first kappa shape index (κ1) is 17.2. The average molecular weight is 361 g/mol. The first-order chi connectivity index (χ1) is 12.0. The Kier molecular flexibility index (Phi) is 5.19. The number of benzene rings is 1. The van der Waals surface area contributed by atoms with E-state index in [2.05, 4.69) is 5.10 Å². The molecule has 6 nitrogen and oxygen atoms in total. The van der Waals surface area contributed by atoms with Crippen molar-refractivity contribution < 1.29 is 19.1 Å². The van der Waals surface area contributed by atoms with E-state index in [4.69, 9.17) is 21.1 Å². The van der Waals surface area contributed by atoms with E-state index in [-0.39, 0.29) is 31.2 Å². The van der Waals surface area contributed by atoms with Gasteiger partial charge in [0, 0.05) is 24.3 Å². The number of carbonyl (C=O) groups is 2. The number of hydrazone groups is 1. The quantitative estimate of drug-likeness (QED) is 0.847. The lowest BCUT2D eigenvalue weighted by Crippen LogP contribution is -2.26. The fourth-order valence-electron chi connectivity index (χ4n) is 2.76. The van der Waals surface area contributed by atoms with Gasteiger partial charge in [0.25, 0.3) is 0 Å². The van der Waals surface area contributed by atoms with Gasteiger partial charge in [0.1, 0.15) is 11.8 Å². The van der Waals surface area contributed by atoms with Crippen LogP contribution in [-0.2, 0) is 9.59 Å². The van der Waals surface area contributed by atoms with Crippen molar-refractivity contribution in [3.63, 3.8) is 0 Å². The standard InChI is InChI=1S/C18H17ClN2O4/c19-13-8-6-12(7-9-13)14-11-15(16-3-2-10-25-16)21(20-14)17(22)4-1-5-18(23)24/h2-3,6-10,15H,1,4-5,11H2,(H,23,24)/t15-/m1/s1. The Morgan fingerprint density at radius 1 is 1.24 bits per heavy atom. The lowest BCUT2D eigenvalue weighted by molar-refractivity contribution is -0.137. The van der Waals surface area contributed by atoms with Crippen LogP contribution in [0.1, 0.15) is 43.0 Å². The fourth-order valence-corrected chi connectivity index (χ4v) is 2.89. The Labute approximate surface area is 149 Å². The van der Waals surface area contributed by atoms with Crippen LogP contribution in [0, 0.1) is 0 Å². The van der Waals surface area contributed by atoms with Crippen LogP contribution in [0.15, 0.2) is 52.2 Å². The van der Waals surface area contributed by atoms with E-state index in [1.54, 1.807) is 24.5 Å². The molecule has 0 saturated heterocycles. The summed E-state index contributed by atoms with van der Waals surface area (Å²) in [6.45, 7) is 0. The van der Waals surface area contributed by atoms with E-state index in [1.807, 2.05) is 18.2 Å². The van der Waals surface area contributed by atoms with E-state index in [9.17, 15) is 9.59 Å². The highest BCUT2D eigenvalue weighted by Gasteiger charge is 2.34. The molecule has 7 heteroatoms. The van der Waals surface area contributed by atoms with Gasteiger partial charge in [-0.25, -0.2) is 5.01 Å². The van der Waals surface area contributed by atoms with Crippen LogP contribution >= 0.6 is 11.6 Å². The van der Waals surface area contributed by atoms with E-state index >= 15 is 0 Å². The first-order valence-corrected chi connectivity index (χ1v) is 8.33. The van der Waals surface area contributed by atoms with Gasteiger partial charge in [-0.15, -0.1) is 0 Å². The number of halogens is 1. The van der Waals surface area contributed by atoms with Gasteiger partial charge in [0.15, 0.2) is 0 Å². The van der Waals surface area contributed by atoms with Crippen LogP contribution in [0.2, 0.25) is 5.02 Å². The molecule has 1 aliphatic heterocycles. The van der Waals surface area contributed by atoms with Crippen LogP contribution in [0.3, 0.4) is 0 Å². The minimum absolute atomic E-state index is 0.0429. The Balaban J connectivity index is 1.80. The third-order valence-corrected chi connectivity index (χ3v) is 4.25. The SMILES string of the molecule is O=C(O)CCCC(=O)N1N=C(c2ccc(Cl)cc2)C[C@@H]1c1ccco1. The maximum absolute atomic E-state index is 12.5. The molecule has 0 radical (unpaired) electrons. The zero-order valence-electron chi connectivity index (χ0n) is 13.4. The number of nitrogens with zero attached hydrogens (tertiary/aromatic N) is 2. The zero-order valence-corrected chi connectivity index (χ0v) is 14.1. The maximum Gasteiger partial charge on any atom is 0.303 e. The van der Waals surface area contributed by atoms with Crippen molar-refractivity contribution in [2.45, 2.75) is 31.7 Å². The molecule has 0 bridgehead atoms. The second kappa shape index (κ2) is 7.53. The van der Waals surface area contributed by atoms with Gasteiger partial charge in [-0.05, 0) is 36.2 Å². The van der Waals surface area contributed by atoms with Crippen molar-refractivity contribution >= 4 is 29.2 Å². The summed E-state index contributed by atoms with van der Waals surface area (Å²) in [5, 5.41) is 15.2. The Morgan fingerprint density at radius 2 is 2.00 bits per heavy atom. The van der Waals surface area contributed by atoms with Crippen molar-refractivity contribution in [2.75, 3.05) is 0 Å². The van der Waals surface area contributed by atoms with E-state index in [0.29, 0.717) is 17.2 Å². The number of amides is 1. The highest BCUT2D eigenvalue weighted by atomic mass is 35.5. The van der Waals surface area contributed by atoms with Crippen molar-refractivity contribution in [3.8, 4) is 0 Å². The summed E-state index contributed by atoms with van der Waals surface area (Å²) in [6, 6.07) is 10.5. The van der Waals surface area contributed by atoms with Crippen LogP contribution in [0.5, 0.6) is 0 Å². The average Bonchev–Trinajstić information content (AvgIpc) is 3.24. The molecule has 1 aliphatic rings. The summed E-state index contributed by atoms with van der Waals surface area (Å²) in [4.78, 5) is 23.2. The van der Waals surface area contributed by atoms with E-state index in [1.165, 1.54) is 5.01 Å². The molecule has 0 saturated carbocycles. The molecule has 25 heavy (non-hydrogen) atoms. The normalized spacial score (nSPS) is 16.8. The van der Waals surface area contributed by atoms with Crippen LogP contribution < -0.4 is 0 Å². The molecule has 1 N–H and O–H groups in total. The number of carboxylic acids is 1. The third-order valence-electron chi connectivity index (χ3n) is 4.00. The van der Waals surface area contributed by atoms with Crippen LogP contribution in [0.4, 0.5) is 0 Å². The van der Waals surface area contributed by atoms with E-state index < -0.39 is 5.97 Å². The number of hydrogen-bond donors (Lipinski definition) is 1. The van der Waals surface area contributed by atoms with Gasteiger partial charge in [-0.3, -0.25) is 9.59 Å². The summed E-state index contributed by atoms with van der Waals surface area (Å²) in [5.41, 5.74) is 1.66. The van der Waals surface area contributed by atoms with Gasteiger partial charge < -0.3 is 9.52 Å². The van der Waals surface area contributed by atoms with Crippen molar-refractivity contribution in [3.05, 3.63) is 59.0 Å². The third kappa shape index (κ3) is 4.09. The predicted octanol–water partition coefficient (Wildman–Crippen LogP) is 3.87. The summed E-state index contributed by atoms with van der Waals surface area (Å²) in [7, 11) is 0. The summed E-state index contributed by atoms with van der Waals surface area (Å²) < 4.78 is 5.46. The van der Waals surface area contributed by atoms with Gasteiger partial charge in [-0.2, -0.15) is 5.10 Å². The predicted molar refractivity (Wildman–Crippen MR) is 92.4 cm³/mol. The Morgan fingerprint density at radius 3 is 2.64 bits per heavy atom.